The van der Waals surface area contributed by atoms with Gasteiger partial charge >= 0.3 is 0 Å². The van der Waals surface area contributed by atoms with Crippen molar-refractivity contribution in [1.82, 2.24) is 25.1 Å². The van der Waals surface area contributed by atoms with Gasteiger partial charge in [0, 0.05) is 25.4 Å². The average Bonchev–Trinajstić information content (AvgIpc) is 3.03. The third-order valence-electron chi connectivity index (χ3n) is 3.76. The number of anilines is 1. The van der Waals surface area contributed by atoms with Crippen molar-refractivity contribution < 1.29 is 4.79 Å². The number of nitrogens with zero attached hydrogens (tertiary/aromatic N) is 4. The van der Waals surface area contributed by atoms with Crippen LogP contribution in [-0.4, -0.2) is 38.0 Å². The third kappa shape index (κ3) is 3.10. The number of nitrogens with one attached hydrogen (secondary N) is 1. The molecule has 0 radical (unpaired) electrons. The number of H-pyrrole nitrogens is 1. The molecule has 0 atom stereocenters. The maximum atomic E-state index is 12.6. The molecular weight excluding hydrogens is 304 g/mol. The van der Waals surface area contributed by atoms with Crippen LogP contribution in [0.2, 0.25) is 0 Å². The fraction of sp³-hybridized carbons (Fsp3) is 0.176. The van der Waals surface area contributed by atoms with E-state index in [1.807, 2.05) is 30.3 Å². The quantitative estimate of drug-likeness (QED) is 0.765. The maximum Gasteiger partial charge on any atom is 0.257 e. The summed E-state index contributed by atoms with van der Waals surface area (Å²) < 4.78 is 0. The second-order valence-corrected chi connectivity index (χ2v) is 5.52. The van der Waals surface area contributed by atoms with Crippen LogP contribution in [0.15, 0.2) is 42.7 Å². The van der Waals surface area contributed by atoms with Gasteiger partial charge in [0.2, 0.25) is 5.95 Å². The fourth-order valence-corrected chi connectivity index (χ4v) is 2.51. The van der Waals surface area contributed by atoms with Crippen LogP contribution in [0, 0.1) is 6.92 Å². The number of nitrogens with two attached hydrogens (primary N) is 1. The normalized spacial score (nSPS) is 10.6. The highest BCUT2D eigenvalue weighted by molar-refractivity contribution is 5.94. The van der Waals surface area contributed by atoms with E-state index in [0.717, 1.165) is 16.8 Å². The van der Waals surface area contributed by atoms with E-state index >= 15 is 0 Å². The lowest BCUT2D eigenvalue weighted by Gasteiger charge is -2.18. The summed E-state index contributed by atoms with van der Waals surface area (Å²) in [5, 5.41) is 7.10. The van der Waals surface area contributed by atoms with Crippen LogP contribution in [0.4, 0.5) is 5.95 Å². The van der Waals surface area contributed by atoms with Crippen LogP contribution in [-0.2, 0) is 6.54 Å². The first-order valence-electron chi connectivity index (χ1n) is 7.48. The van der Waals surface area contributed by atoms with Gasteiger partial charge in [-0.1, -0.05) is 30.3 Å². The fourth-order valence-electron chi connectivity index (χ4n) is 2.51. The molecule has 0 aliphatic carbocycles. The van der Waals surface area contributed by atoms with Gasteiger partial charge in [0.05, 0.1) is 23.1 Å². The Morgan fingerprint density at radius 3 is 2.71 bits per heavy atom. The minimum absolute atomic E-state index is 0.160. The number of carbonyl (C=O) groups is 1. The highest BCUT2D eigenvalue weighted by Gasteiger charge is 2.18. The average molecular weight is 322 g/mol. The number of aromatic amines is 1. The standard InChI is InChI=1S/C17H18N6O/c1-11-14(9-19-17(18)21-11)16(24)23(2)10-13-8-20-22-15(13)12-6-4-3-5-7-12/h3-9H,10H2,1-2H3,(H,20,22)(H2,18,19,21). The molecule has 7 nitrogen and oxygen atoms in total. The van der Waals surface area contributed by atoms with E-state index in [-0.39, 0.29) is 11.9 Å². The number of carbonyl (C=O) groups excluding carboxylic acids is 1. The van der Waals surface area contributed by atoms with Gasteiger partial charge in [0.1, 0.15) is 0 Å². The SMILES string of the molecule is Cc1nc(N)ncc1C(=O)N(C)Cc1cn[nH]c1-c1ccccc1. The lowest BCUT2D eigenvalue weighted by molar-refractivity contribution is 0.0783. The predicted octanol–water partition coefficient (Wildman–Crippen LogP) is 2.03. The molecule has 0 unspecified atom stereocenters. The molecule has 24 heavy (non-hydrogen) atoms. The van der Waals surface area contributed by atoms with Crippen molar-refractivity contribution in [1.29, 1.82) is 0 Å². The molecule has 2 aromatic heterocycles. The first-order chi connectivity index (χ1) is 11.6. The van der Waals surface area contributed by atoms with Crippen molar-refractivity contribution in [3.8, 4) is 11.3 Å². The Balaban J connectivity index is 1.82. The van der Waals surface area contributed by atoms with E-state index in [0.29, 0.717) is 17.8 Å². The van der Waals surface area contributed by atoms with Crippen molar-refractivity contribution in [3.63, 3.8) is 0 Å². The summed E-state index contributed by atoms with van der Waals surface area (Å²) in [5.41, 5.74) is 9.41. The number of hydrogen-bond acceptors (Lipinski definition) is 5. The van der Waals surface area contributed by atoms with Gasteiger partial charge in [-0.3, -0.25) is 9.89 Å². The molecule has 7 heteroatoms. The van der Waals surface area contributed by atoms with E-state index in [1.54, 1.807) is 25.1 Å². The Kier molecular flexibility index (Phi) is 4.24. The van der Waals surface area contributed by atoms with Gasteiger partial charge in [0.15, 0.2) is 0 Å². The number of rotatable bonds is 4. The second-order valence-electron chi connectivity index (χ2n) is 5.52. The highest BCUT2D eigenvalue weighted by atomic mass is 16.2. The van der Waals surface area contributed by atoms with Gasteiger partial charge in [-0.05, 0) is 12.5 Å². The number of nitrogen functional groups attached to an aromatic ring is 1. The van der Waals surface area contributed by atoms with Crippen LogP contribution in [0.25, 0.3) is 11.3 Å². The van der Waals surface area contributed by atoms with Crippen molar-refractivity contribution >= 4 is 11.9 Å². The summed E-state index contributed by atoms with van der Waals surface area (Å²) in [5.74, 6) is 0.000568. The molecule has 0 aliphatic rings. The van der Waals surface area contributed by atoms with E-state index in [9.17, 15) is 4.79 Å². The Morgan fingerprint density at radius 1 is 1.25 bits per heavy atom. The van der Waals surface area contributed by atoms with Crippen LogP contribution in [0.1, 0.15) is 21.6 Å². The molecular formula is C17H18N6O. The predicted molar refractivity (Wildman–Crippen MR) is 91.0 cm³/mol. The summed E-state index contributed by atoms with van der Waals surface area (Å²) in [6.45, 7) is 2.16. The monoisotopic (exact) mass is 322 g/mol. The van der Waals surface area contributed by atoms with Crippen LogP contribution < -0.4 is 5.73 Å². The van der Waals surface area contributed by atoms with Gasteiger partial charge in [-0.15, -0.1) is 0 Å². The zero-order valence-electron chi connectivity index (χ0n) is 13.5. The summed E-state index contributed by atoms with van der Waals surface area (Å²) in [6, 6.07) is 9.88. The molecule has 3 N–H and O–H groups in total. The Hall–Kier alpha value is -3.22. The Labute approximate surface area is 139 Å². The minimum atomic E-state index is -0.160. The molecule has 0 saturated heterocycles. The van der Waals surface area contributed by atoms with Crippen molar-refractivity contribution in [2.24, 2.45) is 0 Å². The molecule has 0 bridgehead atoms. The zero-order valence-corrected chi connectivity index (χ0v) is 13.5. The maximum absolute atomic E-state index is 12.6. The highest BCUT2D eigenvalue weighted by Crippen LogP contribution is 2.22. The molecule has 3 rings (SSSR count). The summed E-state index contributed by atoms with van der Waals surface area (Å²) in [7, 11) is 1.74. The first kappa shape index (κ1) is 15.7. The van der Waals surface area contributed by atoms with Crippen molar-refractivity contribution in [2.45, 2.75) is 13.5 Å². The first-order valence-corrected chi connectivity index (χ1v) is 7.48. The van der Waals surface area contributed by atoms with Gasteiger partial charge in [-0.2, -0.15) is 5.10 Å². The smallest absolute Gasteiger partial charge is 0.257 e. The number of hydrogen-bond donors (Lipinski definition) is 2. The van der Waals surface area contributed by atoms with Gasteiger partial charge in [0.25, 0.3) is 5.91 Å². The molecule has 2 heterocycles. The van der Waals surface area contributed by atoms with E-state index in [1.165, 1.54) is 6.20 Å². The zero-order chi connectivity index (χ0) is 17.1. The molecule has 1 amide bonds. The molecule has 1 aromatic carbocycles. The summed E-state index contributed by atoms with van der Waals surface area (Å²) in [6.07, 6.45) is 3.20. The van der Waals surface area contributed by atoms with E-state index < -0.39 is 0 Å². The number of amides is 1. The number of aromatic nitrogens is 4. The number of aryl methyl sites for hydroxylation is 1. The molecule has 0 fully saturated rings. The van der Waals surface area contributed by atoms with Crippen molar-refractivity contribution in [3.05, 3.63) is 59.5 Å². The molecule has 3 aromatic rings. The Morgan fingerprint density at radius 2 is 2.00 bits per heavy atom. The molecule has 0 saturated carbocycles. The second kappa shape index (κ2) is 6.49. The molecule has 0 spiro atoms. The summed E-state index contributed by atoms with van der Waals surface area (Å²) in [4.78, 5) is 22.2. The Bertz CT molecular complexity index is 859. The van der Waals surface area contributed by atoms with Crippen LogP contribution in [0.3, 0.4) is 0 Å². The molecule has 0 aliphatic heterocycles. The van der Waals surface area contributed by atoms with Crippen LogP contribution >= 0.6 is 0 Å². The van der Waals surface area contributed by atoms with E-state index in [4.69, 9.17) is 5.73 Å². The van der Waals surface area contributed by atoms with Gasteiger partial charge in [-0.25, -0.2) is 9.97 Å². The van der Waals surface area contributed by atoms with E-state index in [2.05, 4.69) is 20.2 Å². The van der Waals surface area contributed by atoms with Gasteiger partial charge < -0.3 is 10.6 Å². The molecule has 122 valence electrons. The topological polar surface area (TPSA) is 101 Å². The minimum Gasteiger partial charge on any atom is -0.368 e. The lowest BCUT2D eigenvalue weighted by Crippen LogP contribution is -2.27. The lowest BCUT2D eigenvalue weighted by atomic mass is 10.1. The summed E-state index contributed by atoms with van der Waals surface area (Å²) >= 11 is 0. The van der Waals surface area contributed by atoms with Crippen LogP contribution in [0.5, 0.6) is 0 Å². The van der Waals surface area contributed by atoms with Crippen molar-refractivity contribution in [2.75, 3.05) is 12.8 Å². The third-order valence-corrected chi connectivity index (χ3v) is 3.76. The number of benzene rings is 1. The largest absolute Gasteiger partial charge is 0.368 e.